The molecule has 0 spiro atoms. The van der Waals surface area contributed by atoms with Crippen molar-refractivity contribution in [3.8, 4) is 0 Å². The molecule has 0 radical (unpaired) electrons. The van der Waals surface area contributed by atoms with Gasteiger partial charge in [-0.05, 0) is 17.2 Å². The topological polar surface area (TPSA) is 34.2 Å². The number of aromatic nitrogens is 1. The molecule has 1 N–H and O–H groups in total. The number of halogens is 1. The van der Waals surface area contributed by atoms with E-state index in [1.807, 2.05) is 12.1 Å². The predicted molar refractivity (Wildman–Crippen MR) is 71.7 cm³/mol. The van der Waals surface area contributed by atoms with Gasteiger partial charge in [0.1, 0.15) is 0 Å². The minimum atomic E-state index is 0.122. The fraction of sp³-hybridized carbons (Fsp3) is 0.214. The lowest BCUT2D eigenvalue weighted by Gasteiger charge is -2.27. The van der Waals surface area contributed by atoms with E-state index in [4.69, 9.17) is 16.3 Å². The molecule has 0 amide bonds. The van der Waals surface area contributed by atoms with Crippen molar-refractivity contribution in [2.45, 2.75) is 12.6 Å². The maximum absolute atomic E-state index is 6.13. The molecule has 2 heterocycles. The number of ether oxygens (including phenoxy) is 1. The summed E-state index contributed by atoms with van der Waals surface area (Å²) in [6.07, 6.45) is 3.42. The highest BCUT2D eigenvalue weighted by molar-refractivity contribution is 6.33. The van der Waals surface area contributed by atoms with Crippen molar-refractivity contribution in [2.24, 2.45) is 0 Å². The van der Waals surface area contributed by atoms with Gasteiger partial charge in [0.05, 0.1) is 36.2 Å². The summed E-state index contributed by atoms with van der Waals surface area (Å²) in [5.41, 5.74) is 3.33. The molecule has 3 rings (SSSR count). The van der Waals surface area contributed by atoms with Gasteiger partial charge in [-0.2, -0.15) is 0 Å². The number of nitrogens with one attached hydrogen (secondary N) is 1. The van der Waals surface area contributed by atoms with Crippen molar-refractivity contribution in [2.75, 3.05) is 11.9 Å². The van der Waals surface area contributed by atoms with E-state index >= 15 is 0 Å². The molecule has 0 saturated heterocycles. The molecule has 3 nitrogen and oxygen atoms in total. The SMILES string of the molecule is Clc1ccncc1NC1COCc2ccccc21. The van der Waals surface area contributed by atoms with Crippen molar-refractivity contribution in [1.29, 1.82) is 0 Å². The van der Waals surface area contributed by atoms with Crippen LogP contribution in [0.2, 0.25) is 5.02 Å². The molecular formula is C14H13ClN2O. The lowest BCUT2D eigenvalue weighted by Crippen LogP contribution is -2.23. The maximum atomic E-state index is 6.13. The fourth-order valence-corrected chi connectivity index (χ4v) is 2.33. The number of pyridine rings is 1. The van der Waals surface area contributed by atoms with Crippen LogP contribution < -0.4 is 5.32 Å². The van der Waals surface area contributed by atoms with E-state index in [-0.39, 0.29) is 6.04 Å². The summed E-state index contributed by atoms with van der Waals surface area (Å²) in [5, 5.41) is 4.06. The Morgan fingerprint density at radius 3 is 3.06 bits per heavy atom. The summed E-state index contributed by atoms with van der Waals surface area (Å²) in [6.45, 7) is 1.32. The van der Waals surface area contributed by atoms with E-state index in [0.29, 0.717) is 18.2 Å². The summed E-state index contributed by atoms with van der Waals surface area (Å²) >= 11 is 6.13. The zero-order valence-corrected chi connectivity index (χ0v) is 10.5. The number of nitrogens with zero attached hydrogens (tertiary/aromatic N) is 1. The summed E-state index contributed by atoms with van der Waals surface area (Å²) in [6, 6.07) is 10.2. The quantitative estimate of drug-likeness (QED) is 0.898. The van der Waals surface area contributed by atoms with E-state index in [0.717, 1.165) is 5.69 Å². The van der Waals surface area contributed by atoms with Crippen LogP contribution in [0.4, 0.5) is 5.69 Å². The van der Waals surface area contributed by atoms with Crippen molar-refractivity contribution in [1.82, 2.24) is 4.98 Å². The molecule has 1 aliphatic rings. The van der Waals surface area contributed by atoms with Gasteiger partial charge in [0.2, 0.25) is 0 Å². The molecule has 0 aliphatic carbocycles. The Balaban J connectivity index is 1.89. The predicted octanol–water partition coefficient (Wildman–Crippen LogP) is 3.42. The van der Waals surface area contributed by atoms with Crippen LogP contribution in [-0.4, -0.2) is 11.6 Å². The molecule has 18 heavy (non-hydrogen) atoms. The Morgan fingerprint density at radius 2 is 2.17 bits per heavy atom. The smallest absolute Gasteiger partial charge is 0.0752 e. The highest BCUT2D eigenvalue weighted by Gasteiger charge is 2.20. The summed E-state index contributed by atoms with van der Waals surface area (Å²) in [4.78, 5) is 4.08. The molecule has 1 aliphatic heterocycles. The van der Waals surface area contributed by atoms with Gasteiger partial charge < -0.3 is 10.1 Å². The number of rotatable bonds is 2. The first kappa shape index (κ1) is 11.5. The molecule has 1 atom stereocenters. The van der Waals surface area contributed by atoms with E-state index in [2.05, 4.69) is 22.4 Å². The molecule has 4 heteroatoms. The first-order chi connectivity index (χ1) is 8.84. The number of hydrogen-bond acceptors (Lipinski definition) is 3. The van der Waals surface area contributed by atoms with E-state index in [1.54, 1.807) is 18.5 Å². The number of anilines is 1. The lowest BCUT2D eigenvalue weighted by atomic mass is 9.99. The highest BCUT2D eigenvalue weighted by Crippen LogP contribution is 2.30. The van der Waals surface area contributed by atoms with Crippen molar-refractivity contribution in [3.05, 3.63) is 58.9 Å². The minimum absolute atomic E-state index is 0.122. The average molecular weight is 261 g/mol. The number of benzene rings is 1. The van der Waals surface area contributed by atoms with Gasteiger partial charge in [0, 0.05) is 6.20 Å². The van der Waals surface area contributed by atoms with E-state index in [9.17, 15) is 0 Å². The largest absolute Gasteiger partial charge is 0.374 e. The van der Waals surface area contributed by atoms with Gasteiger partial charge in [-0.1, -0.05) is 35.9 Å². The molecule has 1 aromatic heterocycles. The first-order valence-electron chi connectivity index (χ1n) is 5.86. The van der Waals surface area contributed by atoms with Crippen LogP contribution >= 0.6 is 11.6 Å². The summed E-state index contributed by atoms with van der Waals surface area (Å²) in [5.74, 6) is 0. The highest BCUT2D eigenvalue weighted by atomic mass is 35.5. The van der Waals surface area contributed by atoms with Crippen LogP contribution in [-0.2, 0) is 11.3 Å². The van der Waals surface area contributed by atoms with Gasteiger partial charge in [-0.3, -0.25) is 4.98 Å². The van der Waals surface area contributed by atoms with Crippen LogP contribution in [0, 0.1) is 0 Å². The molecule has 2 aromatic rings. The van der Waals surface area contributed by atoms with Crippen LogP contribution in [0.1, 0.15) is 17.2 Å². The minimum Gasteiger partial charge on any atom is -0.374 e. The van der Waals surface area contributed by atoms with Crippen LogP contribution in [0.3, 0.4) is 0 Å². The Labute approximate surface area is 111 Å². The van der Waals surface area contributed by atoms with Gasteiger partial charge in [-0.15, -0.1) is 0 Å². The normalized spacial score (nSPS) is 18.2. The second-order valence-corrected chi connectivity index (χ2v) is 4.67. The van der Waals surface area contributed by atoms with Crippen molar-refractivity contribution >= 4 is 17.3 Å². The molecule has 92 valence electrons. The van der Waals surface area contributed by atoms with Gasteiger partial charge in [0.25, 0.3) is 0 Å². The first-order valence-corrected chi connectivity index (χ1v) is 6.24. The third kappa shape index (κ3) is 2.19. The second-order valence-electron chi connectivity index (χ2n) is 4.27. The fourth-order valence-electron chi connectivity index (χ4n) is 2.17. The zero-order chi connectivity index (χ0) is 12.4. The van der Waals surface area contributed by atoms with E-state index < -0.39 is 0 Å². The van der Waals surface area contributed by atoms with Gasteiger partial charge in [-0.25, -0.2) is 0 Å². The third-order valence-corrected chi connectivity index (χ3v) is 3.40. The summed E-state index contributed by atoms with van der Waals surface area (Å²) < 4.78 is 5.59. The monoisotopic (exact) mass is 260 g/mol. The Kier molecular flexibility index (Phi) is 3.17. The summed E-state index contributed by atoms with van der Waals surface area (Å²) in [7, 11) is 0. The lowest BCUT2D eigenvalue weighted by molar-refractivity contribution is 0.0970. The molecule has 1 aromatic carbocycles. The molecule has 0 fully saturated rings. The molecule has 0 saturated carbocycles. The number of hydrogen-bond donors (Lipinski definition) is 1. The van der Waals surface area contributed by atoms with Crippen molar-refractivity contribution < 1.29 is 4.74 Å². The van der Waals surface area contributed by atoms with Gasteiger partial charge >= 0.3 is 0 Å². The van der Waals surface area contributed by atoms with E-state index in [1.165, 1.54) is 11.1 Å². The Hall–Kier alpha value is -1.58. The average Bonchev–Trinajstić information content (AvgIpc) is 2.42. The van der Waals surface area contributed by atoms with Gasteiger partial charge in [0.15, 0.2) is 0 Å². The Morgan fingerprint density at radius 1 is 1.28 bits per heavy atom. The number of fused-ring (bicyclic) bond motifs is 1. The van der Waals surface area contributed by atoms with Crippen LogP contribution in [0.25, 0.3) is 0 Å². The Bertz CT molecular complexity index is 559. The van der Waals surface area contributed by atoms with Crippen LogP contribution in [0.5, 0.6) is 0 Å². The standard InChI is InChI=1S/C14H13ClN2O/c15-12-5-6-16-7-13(12)17-14-9-18-8-10-3-1-2-4-11(10)14/h1-7,14,17H,8-9H2. The third-order valence-electron chi connectivity index (χ3n) is 3.07. The molecular weight excluding hydrogens is 248 g/mol. The second kappa shape index (κ2) is 4.96. The van der Waals surface area contributed by atoms with Crippen LogP contribution in [0.15, 0.2) is 42.7 Å². The van der Waals surface area contributed by atoms with Crippen molar-refractivity contribution in [3.63, 3.8) is 0 Å². The zero-order valence-electron chi connectivity index (χ0n) is 9.77. The molecule has 1 unspecified atom stereocenters. The maximum Gasteiger partial charge on any atom is 0.0752 e. The molecule has 0 bridgehead atoms.